The molecule has 0 radical (unpaired) electrons. The lowest BCUT2D eigenvalue weighted by Crippen LogP contribution is -2.32. The second-order valence-electron chi connectivity index (χ2n) is 6.38. The summed E-state index contributed by atoms with van der Waals surface area (Å²) in [5, 5.41) is 2.23. The molecule has 0 spiro atoms. The molecule has 144 valence electrons. The Labute approximate surface area is 159 Å². The highest BCUT2D eigenvalue weighted by atomic mass is 35.5. The van der Waals surface area contributed by atoms with E-state index in [0.717, 1.165) is 44.5 Å². The van der Waals surface area contributed by atoms with Crippen molar-refractivity contribution in [3.63, 3.8) is 0 Å². The van der Waals surface area contributed by atoms with E-state index in [-0.39, 0.29) is 16.4 Å². The molecule has 9 heteroatoms. The minimum Gasteiger partial charge on any atom is -0.341 e. The van der Waals surface area contributed by atoms with Gasteiger partial charge in [-0.2, -0.15) is 13.2 Å². The monoisotopic (exact) mass is 398 g/mol. The van der Waals surface area contributed by atoms with Crippen molar-refractivity contribution in [1.82, 2.24) is 9.97 Å². The standard InChI is InChI=1S/C18H18ClF3N4O/c1-11-9-15(25-17(23-11)26-7-3-2-4-8-26)16(27)24-14-6-5-12(19)10-13(14)18(20,21)22/h5-6,9-10H,2-4,7-8H2,1H3,(H,24,27). The van der Waals surface area contributed by atoms with E-state index in [1.807, 2.05) is 4.90 Å². The van der Waals surface area contributed by atoms with Crippen molar-refractivity contribution in [2.75, 3.05) is 23.3 Å². The normalized spacial score (nSPS) is 14.9. The lowest BCUT2D eigenvalue weighted by Gasteiger charge is -2.27. The Morgan fingerprint density at radius 3 is 2.52 bits per heavy atom. The van der Waals surface area contributed by atoms with Crippen LogP contribution in [0.2, 0.25) is 5.02 Å². The van der Waals surface area contributed by atoms with Gasteiger partial charge in [-0.05, 0) is 50.5 Å². The first-order valence-corrected chi connectivity index (χ1v) is 8.90. The zero-order chi connectivity index (χ0) is 19.6. The lowest BCUT2D eigenvalue weighted by atomic mass is 10.1. The maximum absolute atomic E-state index is 13.2. The molecule has 1 saturated heterocycles. The van der Waals surface area contributed by atoms with Gasteiger partial charge in [0.15, 0.2) is 0 Å². The Hall–Kier alpha value is -2.35. The Bertz CT molecular complexity index is 851. The van der Waals surface area contributed by atoms with Crippen LogP contribution in [0.1, 0.15) is 41.0 Å². The van der Waals surface area contributed by atoms with Crippen molar-refractivity contribution < 1.29 is 18.0 Å². The Kier molecular flexibility index (Phi) is 5.55. The number of carbonyl (C=O) groups is 1. The molecule has 1 aliphatic rings. The summed E-state index contributed by atoms with van der Waals surface area (Å²) in [6, 6.07) is 4.65. The van der Waals surface area contributed by atoms with Crippen molar-refractivity contribution >= 4 is 29.1 Å². The van der Waals surface area contributed by atoms with Gasteiger partial charge < -0.3 is 10.2 Å². The van der Waals surface area contributed by atoms with Crippen molar-refractivity contribution in [1.29, 1.82) is 0 Å². The molecular weight excluding hydrogens is 381 g/mol. The van der Waals surface area contributed by atoms with Crippen LogP contribution in [-0.2, 0) is 6.18 Å². The minimum atomic E-state index is -4.64. The van der Waals surface area contributed by atoms with Gasteiger partial charge in [0, 0.05) is 23.8 Å². The smallest absolute Gasteiger partial charge is 0.341 e. The molecule has 1 aliphatic heterocycles. The maximum Gasteiger partial charge on any atom is 0.418 e. The summed E-state index contributed by atoms with van der Waals surface area (Å²) in [5.41, 5.74) is -0.785. The fourth-order valence-electron chi connectivity index (χ4n) is 2.95. The first-order chi connectivity index (χ1) is 12.7. The number of halogens is 4. The summed E-state index contributed by atoms with van der Waals surface area (Å²) in [5.74, 6) is -0.307. The highest BCUT2D eigenvalue weighted by Gasteiger charge is 2.34. The van der Waals surface area contributed by atoms with Crippen LogP contribution in [0.4, 0.5) is 24.8 Å². The fourth-order valence-corrected chi connectivity index (χ4v) is 3.12. The predicted molar refractivity (Wildman–Crippen MR) is 97.2 cm³/mol. The third-order valence-electron chi connectivity index (χ3n) is 4.25. The second-order valence-corrected chi connectivity index (χ2v) is 6.82. The molecule has 0 saturated carbocycles. The van der Waals surface area contributed by atoms with Gasteiger partial charge in [0.05, 0.1) is 11.3 Å². The van der Waals surface area contributed by atoms with Gasteiger partial charge in [0.25, 0.3) is 5.91 Å². The van der Waals surface area contributed by atoms with Gasteiger partial charge in [-0.3, -0.25) is 4.79 Å². The fraction of sp³-hybridized carbons (Fsp3) is 0.389. The number of aromatic nitrogens is 2. The van der Waals surface area contributed by atoms with E-state index < -0.39 is 17.6 Å². The molecule has 3 rings (SSSR count). The van der Waals surface area contributed by atoms with E-state index in [9.17, 15) is 18.0 Å². The van der Waals surface area contributed by atoms with Crippen molar-refractivity contribution in [3.8, 4) is 0 Å². The molecule has 2 heterocycles. The number of rotatable bonds is 3. The van der Waals surface area contributed by atoms with Crippen LogP contribution in [0.5, 0.6) is 0 Å². The quantitative estimate of drug-likeness (QED) is 0.814. The van der Waals surface area contributed by atoms with Gasteiger partial charge in [-0.25, -0.2) is 9.97 Å². The molecule has 1 aromatic carbocycles. The summed E-state index contributed by atoms with van der Waals surface area (Å²) >= 11 is 5.67. The summed E-state index contributed by atoms with van der Waals surface area (Å²) < 4.78 is 39.6. The summed E-state index contributed by atoms with van der Waals surface area (Å²) in [6.45, 7) is 3.30. The number of hydrogen-bond donors (Lipinski definition) is 1. The topological polar surface area (TPSA) is 58.1 Å². The van der Waals surface area contributed by atoms with Gasteiger partial charge in [0.1, 0.15) is 5.69 Å². The number of hydrogen-bond acceptors (Lipinski definition) is 4. The molecule has 0 bridgehead atoms. The van der Waals surface area contributed by atoms with Crippen LogP contribution in [-0.4, -0.2) is 29.0 Å². The van der Waals surface area contributed by atoms with Crippen molar-refractivity contribution in [2.45, 2.75) is 32.4 Å². The third-order valence-corrected chi connectivity index (χ3v) is 4.48. The first kappa shape index (κ1) is 19.4. The van der Waals surface area contributed by atoms with Crippen LogP contribution in [0.25, 0.3) is 0 Å². The van der Waals surface area contributed by atoms with Gasteiger partial charge >= 0.3 is 6.18 Å². The van der Waals surface area contributed by atoms with Crippen molar-refractivity contribution in [2.24, 2.45) is 0 Å². The largest absolute Gasteiger partial charge is 0.418 e. The number of aryl methyl sites for hydroxylation is 1. The highest BCUT2D eigenvalue weighted by molar-refractivity contribution is 6.30. The van der Waals surface area contributed by atoms with Gasteiger partial charge in [-0.15, -0.1) is 0 Å². The Morgan fingerprint density at radius 2 is 1.85 bits per heavy atom. The molecule has 1 fully saturated rings. The zero-order valence-corrected chi connectivity index (χ0v) is 15.4. The number of nitrogens with zero attached hydrogens (tertiary/aromatic N) is 3. The predicted octanol–water partition coefficient (Wildman–Crippen LogP) is 4.70. The summed E-state index contributed by atoms with van der Waals surface area (Å²) in [4.78, 5) is 23.1. The molecule has 5 nitrogen and oxygen atoms in total. The van der Waals surface area contributed by atoms with E-state index in [4.69, 9.17) is 11.6 Å². The molecule has 1 aromatic heterocycles. The number of benzene rings is 1. The van der Waals surface area contributed by atoms with Crippen LogP contribution >= 0.6 is 11.6 Å². The molecule has 2 aromatic rings. The number of amides is 1. The maximum atomic E-state index is 13.2. The van der Waals surface area contributed by atoms with E-state index in [1.165, 1.54) is 12.1 Å². The van der Waals surface area contributed by atoms with Crippen LogP contribution in [0.3, 0.4) is 0 Å². The van der Waals surface area contributed by atoms with Crippen LogP contribution in [0, 0.1) is 6.92 Å². The number of alkyl halides is 3. The first-order valence-electron chi connectivity index (χ1n) is 8.53. The van der Waals surface area contributed by atoms with E-state index in [1.54, 1.807) is 6.92 Å². The average Bonchev–Trinajstić information content (AvgIpc) is 2.62. The third kappa shape index (κ3) is 4.68. The molecular formula is C18H18ClF3N4O. The van der Waals surface area contributed by atoms with Crippen molar-refractivity contribution in [3.05, 3.63) is 46.2 Å². The summed E-state index contributed by atoms with van der Waals surface area (Å²) in [6.07, 6.45) is -1.49. The number of nitrogens with one attached hydrogen (secondary N) is 1. The summed E-state index contributed by atoms with van der Waals surface area (Å²) in [7, 11) is 0. The lowest BCUT2D eigenvalue weighted by molar-refractivity contribution is -0.136. The highest BCUT2D eigenvalue weighted by Crippen LogP contribution is 2.36. The molecule has 27 heavy (non-hydrogen) atoms. The Balaban J connectivity index is 1.88. The van der Waals surface area contributed by atoms with E-state index in [2.05, 4.69) is 15.3 Å². The number of anilines is 2. The van der Waals surface area contributed by atoms with Crippen LogP contribution in [0.15, 0.2) is 24.3 Å². The average molecular weight is 399 g/mol. The number of piperidine rings is 1. The molecule has 1 N–H and O–H groups in total. The zero-order valence-electron chi connectivity index (χ0n) is 14.6. The SMILES string of the molecule is Cc1cc(C(=O)Nc2ccc(Cl)cc2C(F)(F)F)nc(N2CCCCC2)n1. The second kappa shape index (κ2) is 7.72. The van der Waals surface area contributed by atoms with E-state index in [0.29, 0.717) is 11.6 Å². The van der Waals surface area contributed by atoms with Gasteiger partial charge in [-0.1, -0.05) is 11.6 Å². The molecule has 1 amide bonds. The number of carbonyl (C=O) groups excluding carboxylic acids is 1. The molecule has 0 atom stereocenters. The van der Waals surface area contributed by atoms with Crippen LogP contribution < -0.4 is 10.2 Å². The Morgan fingerprint density at radius 1 is 1.15 bits per heavy atom. The van der Waals surface area contributed by atoms with E-state index >= 15 is 0 Å². The minimum absolute atomic E-state index is 0.0196. The molecule has 0 aliphatic carbocycles. The van der Waals surface area contributed by atoms with Gasteiger partial charge in [0.2, 0.25) is 5.95 Å². The molecule has 0 unspecified atom stereocenters.